The fourth-order valence-electron chi connectivity index (χ4n) is 2.26. The summed E-state index contributed by atoms with van der Waals surface area (Å²) in [4.78, 5) is 16.5. The van der Waals surface area contributed by atoms with Crippen molar-refractivity contribution in [1.29, 1.82) is 0 Å². The molecule has 0 bridgehead atoms. The molecule has 7 heteroatoms. The molecule has 0 spiro atoms. The summed E-state index contributed by atoms with van der Waals surface area (Å²) in [7, 11) is 3.28. The van der Waals surface area contributed by atoms with Crippen LogP contribution >= 0.6 is 23.1 Å². The van der Waals surface area contributed by atoms with Gasteiger partial charge >= 0.3 is 0 Å². The van der Waals surface area contributed by atoms with Crippen LogP contribution in [-0.4, -0.2) is 30.9 Å². The Morgan fingerprint density at radius 2 is 1.96 bits per heavy atom. The van der Waals surface area contributed by atoms with Gasteiger partial charge in [-0.2, -0.15) is 0 Å². The summed E-state index contributed by atoms with van der Waals surface area (Å²) in [6.07, 6.45) is 0. The molecule has 25 heavy (non-hydrogen) atoms. The van der Waals surface area contributed by atoms with Gasteiger partial charge in [-0.25, -0.2) is 4.98 Å². The van der Waals surface area contributed by atoms with Crippen molar-refractivity contribution < 1.29 is 14.3 Å². The van der Waals surface area contributed by atoms with Gasteiger partial charge in [0, 0.05) is 5.75 Å². The van der Waals surface area contributed by atoms with E-state index in [1.807, 2.05) is 42.5 Å². The number of hydrogen-bond acceptors (Lipinski definition) is 6. The Labute approximate surface area is 154 Å². The summed E-state index contributed by atoms with van der Waals surface area (Å²) < 4.78 is 11.4. The number of hydrogen-bond donors (Lipinski definition) is 1. The average Bonchev–Trinajstić information content (AvgIpc) is 3.02. The quantitative estimate of drug-likeness (QED) is 0.672. The summed E-state index contributed by atoms with van der Waals surface area (Å²) in [5, 5.41) is 3.47. The molecule has 130 valence electrons. The Bertz CT molecular complexity index is 880. The number of aromatic nitrogens is 1. The number of rotatable bonds is 7. The Balaban J connectivity index is 1.53. The van der Waals surface area contributed by atoms with Gasteiger partial charge in [-0.3, -0.25) is 4.79 Å². The van der Waals surface area contributed by atoms with E-state index < -0.39 is 0 Å². The van der Waals surface area contributed by atoms with Crippen molar-refractivity contribution in [2.45, 2.75) is 5.75 Å². The van der Waals surface area contributed by atoms with Crippen molar-refractivity contribution in [2.75, 3.05) is 25.3 Å². The van der Waals surface area contributed by atoms with Crippen LogP contribution in [0.15, 0.2) is 42.5 Å². The van der Waals surface area contributed by atoms with Crippen LogP contribution in [0, 0.1) is 0 Å². The van der Waals surface area contributed by atoms with Crippen LogP contribution in [0.1, 0.15) is 5.56 Å². The molecular weight excluding hydrogens is 356 g/mol. The number of ether oxygens (including phenoxy) is 2. The predicted molar refractivity (Wildman–Crippen MR) is 104 cm³/mol. The number of nitrogens with one attached hydrogen (secondary N) is 1. The van der Waals surface area contributed by atoms with E-state index in [9.17, 15) is 4.79 Å². The lowest BCUT2D eigenvalue weighted by molar-refractivity contribution is -0.113. The minimum atomic E-state index is -0.0566. The maximum atomic E-state index is 12.1. The predicted octanol–water partition coefficient (Wildman–Crippen LogP) is 4.19. The van der Waals surface area contributed by atoms with E-state index in [1.165, 1.54) is 11.3 Å². The number of thioether (sulfide) groups is 1. The summed E-state index contributed by atoms with van der Waals surface area (Å²) >= 11 is 3.00. The zero-order valence-corrected chi connectivity index (χ0v) is 15.6. The van der Waals surface area contributed by atoms with Gasteiger partial charge in [0.05, 0.1) is 30.2 Å². The second kappa shape index (κ2) is 8.22. The third kappa shape index (κ3) is 4.64. The molecule has 5 nitrogen and oxygen atoms in total. The van der Waals surface area contributed by atoms with Gasteiger partial charge in [0.15, 0.2) is 5.13 Å². The summed E-state index contributed by atoms with van der Waals surface area (Å²) in [5.74, 6) is 2.67. The number of thiazole rings is 1. The second-order valence-electron chi connectivity index (χ2n) is 5.25. The molecule has 0 aliphatic rings. The number of nitrogens with zero attached hydrogens (tertiary/aromatic N) is 1. The normalized spacial score (nSPS) is 10.6. The van der Waals surface area contributed by atoms with Crippen LogP contribution in [0.4, 0.5) is 5.13 Å². The number of carbonyl (C=O) groups excluding carboxylic acids is 1. The molecule has 0 aliphatic heterocycles. The molecule has 0 saturated heterocycles. The summed E-state index contributed by atoms with van der Waals surface area (Å²) in [6, 6.07) is 13.5. The number of carbonyl (C=O) groups is 1. The summed E-state index contributed by atoms with van der Waals surface area (Å²) in [5.41, 5.74) is 1.98. The highest BCUT2D eigenvalue weighted by Crippen LogP contribution is 2.29. The third-order valence-electron chi connectivity index (χ3n) is 3.48. The van der Waals surface area contributed by atoms with E-state index in [0.29, 0.717) is 10.9 Å². The number of amides is 1. The number of anilines is 1. The lowest BCUT2D eigenvalue weighted by Crippen LogP contribution is -2.13. The van der Waals surface area contributed by atoms with Gasteiger partial charge < -0.3 is 14.8 Å². The Morgan fingerprint density at radius 1 is 1.16 bits per heavy atom. The first-order chi connectivity index (χ1) is 12.2. The van der Waals surface area contributed by atoms with E-state index >= 15 is 0 Å². The highest BCUT2D eigenvalue weighted by molar-refractivity contribution is 7.99. The molecule has 0 fully saturated rings. The number of fused-ring (bicyclic) bond motifs is 1. The lowest BCUT2D eigenvalue weighted by Gasteiger charge is -2.04. The molecule has 1 N–H and O–H groups in total. The Kier molecular flexibility index (Phi) is 5.78. The van der Waals surface area contributed by atoms with Gasteiger partial charge in [0.1, 0.15) is 11.5 Å². The zero-order chi connectivity index (χ0) is 17.6. The topological polar surface area (TPSA) is 60.5 Å². The Morgan fingerprint density at radius 3 is 2.76 bits per heavy atom. The number of benzene rings is 2. The summed E-state index contributed by atoms with van der Waals surface area (Å²) in [6.45, 7) is 0. The standard InChI is InChI=1S/C18H18N2O3S2/c1-22-13-5-3-4-12(8-13)10-24-11-17(21)20-18-19-15-7-6-14(23-2)9-16(15)25-18/h3-9H,10-11H2,1-2H3,(H,19,20,21). The SMILES string of the molecule is COc1cccc(CSCC(=O)Nc2nc3ccc(OC)cc3s2)c1. The van der Waals surface area contributed by atoms with Gasteiger partial charge in [-0.1, -0.05) is 23.5 Å². The van der Waals surface area contributed by atoms with E-state index in [2.05, 4.69) is 10.3 Å². The molecule has 1 aromatic heterocycles. The fraction of sp³-hybridized carbons (Fsp3) is 0.222. The highest BCUT2D eigenvalue weighted by atomic mass is 32.2. The van der Waals surface area contributed by atoms with Crippen LogP contribution in [0.3, 0.4) is 0 Å². The molecule has 2 aromatic carbocycles. The van der Waals surface area contributed by atoms with Crippen molar-refractivity contribution in [2.24, 2.45) is 0 Å². The Hall–Kier alpha value is -2.25. The van der Waals surface area contributed by atoms with Crippen LogP contribution in [-0.2, 0) is 10.5 Å². The fourth-order valence-corrected chi connectivity index (χ4v) is 3.95. The monoisotopic (exact) mass is 374 g/mol. The first-order valence-electron chi connectivity index (χ1n) is 7.63. The van der Waals surface area contributed by atoms with Crippen LogP contribution in [0.5, 0.6) is 11.5 Å². The maximum Gasteiger partial charge on any atom is 0.236 e. The molecular formula is C18H18N2O3S2. The maximum absolute atomic E-state index is 12.1. The largest absolute Gasteiger partial charge is 0.497 e. The molecule has 0 atom stereocenters. The molecule has 1 amide bonds. The molecule has 3 aromatic rings. The van der Waals surface area contributed by atoms with Crippen molar-refractivity contribution in [3.05, 3.63) is 48.0 Å². The molecule has 3 rings (SSSR count). The van der Waals surface area contributed by atoms with Crippen LogP contribution in [0.2, 0.25) is 0 Å². The smallest absolute Gasteiger partial charge is 0.236 e. The van der Waals surface area contributed by atoms with Gasteiger partial charge in [0.2, 0.25) is 5.91 Å². The van der Waals surface area contributed by atoms with Crippen LogP contribution < -0.4 is 14.8 Å². The van der Waals surface area contributed by atoms with Gasteiger partial charge in [-0.15, -0.1) is 11.8 Å². The number of methoxy groups -OCH3 is 2. The molecule has 0 saturated carbocycles. The minimum Gasteiger partial charge on any atom is -0.497 e. The van der Waals surface area contributed by atoms with E-state index in [-0.39, 0.29) is 5.91 Å². The van der Waals surface area contributed by atoms with Crippen molar-refractivity contribution in [3.8, 4) is 11.5 Å². The molecule has 0 radical (unpaired) electrons. The second-order valence-corrected chi connectivity index (χ2v) is 7.26. The van der Waals surface area contributed by atoms with Crippen molar-refractivity contribution in [3.63, 3.8) is 0 Å². The molecule has 1 heterocycles. The average molecular weight is 374 g/mol. The lowest BCUT2D eigenvalue weighted by atomic mass is 10.2. The van der Waals surface area contributed by atoms with Gasteiger partial charge in [0.25, 0.3) is 0 Å². The molecule has 0 unspecified atom stereocenters. The zero-order valence-electron chi connectivity index (χ0n) is 13.9. The van der Waals surface area contributed by atoms with E-state index in [0.717, 1.165) is 33.0 Å². The first kappa shape index (κ1) is 17.6. The first-order valence-corrected chi connectivity index (χ1v) is 9.60. The third-order valence-corrected chi connectivity index (χ3v) is 5.42. The molecule has 0 aliphatic carbocycles. The minimum absolute atomic E-state index is 0.0566. The van der Waals surface area contributed by atoms with E-state index in [4.69, 9.17) is 9.47 Å². The van der Waals surface area contributed by atoms with Gasteiger partial charge in [-0.05, 0) is 35.9 Å². The van der Waals surface area contributed by atoms with Crippen molar-refractivity contribution in [1.82, 2.24) is 4.98 Å². The highest BCUT2D eigenvalue weighted by Gasteiger charge is 2.09. The van der Waals surface area contributed by atoms with E-state index in [1.54, 1.807) is 26.0 Å². The van der Waals surface area contributed by atoms with Crippen molar-refractivity contribution >= 4 is 44.4 Å². The van der Waals surface area contributed by atoms with Crippen LogP contribution in [0.25, 0.3) is 10.2 Å².